The average Bonchev–Trinajstić information content (AvgIpc) is 2.25. The lowest BCUT2D eigenvalue weighted by molar-refractivity contribution is 0.0379. The van der Waals surface area contributed by atoms with Crippen molar-refractivity contribution in [2.24, 2.45) is 0 Å². The van der Waals surface area contributed by atoms with E-state index in [2.05, 4.69) is 12.2 Å². The number of para-hydroxylation sites is 1. The van der Waals surface area contributed by atoms with Crippen molar-refractivity contribution >= 4 is 11.7 Å². The van der Waals surface area contributed by atoms with Crippen LogP contribution in [0.3, 0.4) is 0 Å². The second kappa shape index (κ2) is 6.16. The van der Waals surface area contributed by atoms with Gasteiger partial charge in [-0.1, -0.05) is 19.1 Å². The van der Waals surface area contributed by atoms with Crippen LogP contribution in [0, 0.1) is 0 Å². The predicted molar refractivity (Wildman–Crippen MR) is 65.8 cm³/mol. The molecule has 88 valence electrons. The van der Waals surface area contributed by atoms with Crippen molar-refractivity contribution in [3.8, 4) is 0 Å². The molecule has 0 aliphatic heterocycles. The molecule has 1 N–H and O–H groups in total. The lowest BCUT2D eigenvalue weighted by atomic mass is 10.1. The fraction of sp³-hybridized carbons (Fsp3) is 0.462. The lowest BCUT2D eigenvalue weighted by Crippen LogP contribution is -2.14. The Balaban J connectivity index is 2.81. The minimum atomic E-state index is -0.269. The Bertz CT molecular complexity index is 348. The van der Waals surface area contributed by atoms with E-state index in [4.69, 9.17) is 4.74 Å². The molecule has 0 spiro atoms. The molecule has 0 aliphatic carbocycles. The highest BCUT2D eigenvalue weighted by molar-refractivity contribution is 5.95. The Kier molecular flexibility index (Phi) is 4.83. The van der Waals surface area contributed by atoms with Crippen LogP contribution in [0.5, 0.6) is 0 Å². The Morgan fingerprint density at radius 2 is 2.06 bits per heavy atom. The number of benzene rings is 1. The largest absolute Gasteiger partial charge is 0.459 e. The van der Waals surface area contributed by atoms with E-state index in [-0.39, 0.29) is 12.1 Å². The fourth-order valence-corrected chi connectivity index (χ4v) is 1.35. The van der Waals surface area contributed by atoms with Crippen molar-refractivity contribution in [3.05, 3.63) is 29.8 Å². The highest BCUT2D eigenvalue weighted by atomic mass is 16.5. The van der Waals surface area contributed by atoms with Crippen LogP contribution >= 0.6 is 0 Å². The summed E-state index contributed by atoms with van der Waals surface area (Å²) in [6.07, 6.45) is 0.930. The third kappa shape index (κ3) is 3.57. The molecule has 0 fully saturated rings. The molecule has 0 amide bonds. The first-order valence-corrected chi connectivity index (χ1v) is 5.69. The second-order valence-corrected chi connectivity index (χ2v) is 3.93. The van der Waals surface area contributed by atoms with Crippen LogP contribution in [0.15, 0.2) is 24.3 Å². The first kappa shape index (κ1) is 12.6. The molecule has 0 aliphatic rings. The molecule has 0 heterocycles. The van der Waals surface area contributed by atoms with Gasteiger partial charge < -0.3 is 10.1 Å². The zero-order valence-corrected chi connectivity index (χ0v) is 10.1. The molecule has 0 unspecified atom stereocenters. The molecule has 3 nitrogen and oxygen atoms in total. The zero-order chi connectivity index (χ0) is 12.0. The van der Waals surface area contributed by atoms with Crippen molar-refractivity contribution in [3.63, 3.8) is 0 Å². The van der Waals surface area contributed by atoms with Crippen LogP contribution in [-0.2, 0) is 4.74 Å². The maximum Gasteiger partial charge on any atom is 0.340 e. The monoisotopic (exact) mass is 221 g/mol. The van der Waals surface area contributed by atoms with E-state index in [1.165, 1.54) is 0 Å². The van der Waals surface area contributed by atoms with Gasteiger partial charge in [0.15, 0.2) is 0 Å². The number of esters is 1. The number of anilines is 1. The van der Waals surface area contributed by atoms with Gasteiger partial charge in [-0.15, -0.1) is 0 Å². The summed E-state index contributed by atoms with van der Waals surface area (Å²) in [7, 11) is 0. The summed E-state index contributed by atoms with van der Waals surface area (Å²) < 4.78 is 5.18. The zero-order valence-electron chi connectivity index (χ0n) is 10.1. The number of rotatable bonds is 5. The van der Waals surface area contributed by atoms with E-state index in [0.29, 0.717) is 5.56 Å². The van der Waals surface area contributed by atoms with E-state index in [9.17, 15) is 4.79 Å². The van der Waals surface area contributed by atoms with Gasteiger partial charge in [-0.25, -0.2) is 4.79 Å². The van der Waals surface area contributed by atoms with E-state index < -0.39 is 0 Å². The predicted octanol–water partition coefficient (Wildman–Crippen LogP) is 3.07. The van der Waals surface area contributed by atoms with E-state index in [1.54, 1.807) is 6.07 Å². The van der Waals surface area contributed by atoms with Gasteiger partial charge in [0.05, 0.1) is 11.7 Å². The van der Waals surface area contributed by atoms with E-state index in [1.807, 2.05) is 32.0 Å². The molecule has 3 heteroatoms. The summed E-state index contributed by atoms with van der Waals surface area (Å²) in [6.45, 7) is 6.63. The highest BCUT2D eigenvalue weighted by Crippen LogP contribution is 2.16. The molecule has 0 saturated carbocycles. The molecule has 0 aromatic heterocycles. The van der Waals surface area contributed by atoms with Gasteiger partial charge in [0.25, 0.3) is 0 Å². The topological polar surface area (TPSA) is 38.3 Å². The van der Waals surface area contributed by atoms with Crippen molar-refractivity contribution in [2.45, 2.75) is 33.3 Å². The number of nitrogens with one attached hydrogen (secondary N) is 1. The number of carbonyl (C=O) groups excluding carboxylic acids is 1. The Morgan fingerprint density at radius 1 is 1.38 bits per heavy atom. The van der Waals surface area contributed by atoms with Crippen LogP contribution < -0.4 is 5.32 Å². The summed E-state index contributed by atoms with van der Waals surface area (Å²) in [4.78, 5) is 11.8. The first-order chi connectivity index (χ1) is 7.65. The number of hydrogen-bond acceptors (Lipinski definition) is 3. The summed E-state index contributed by atoms with van der Waals surface area (Å²) in [6, 6.07) is 7.42. The summed E-state index contributed by atoms with van der Waals surface area (Å²) in [5.41, 5.74) is 1.44. The minimum Gasteiger partial charge on any atom is -0.459 e. The molecule has 0 bridgehead atoms. The maximum atomic E-state index is 11.8. The first-order valence-electron chi connectivity index (χ1n) is 5.69. The van der Waals surface area contributed by atoms with Gasteiger partial charge in [-0.3, -0.25) is 0 Å². The standard InChI is InChI=1S/C13H19NO2/c1-4-9-14-12-8-6-5-7-11(12)13(15)16-10(2)3/h5-8,10,14H,4,9H2,1-3H3. The summed E-state index contributed by atoms with van der Waals surface area (Å²) in [5, 5.41) is 3.22. The van der Waals surface area contributed by atoms with Gasteiger partial charge >= 0.3 is 5.97 Å². The SMILES string of the molecule is CCCNc1ccccc1C(=O)OC(C)C. The third-order valence-electron chi connectivity index (χ3n) is 2.06. The highest BCUT2D eigenvalue weighted by Gasteiger charge is 2.12. The molecular weight excluding hydrogens is 202 g/mol. The number of ether oxygens (including phenoxy) is 1. The van der Waals surface area contributed by atoms with Gasteiger partial charge in [0.1, 0.15) is 0 Å². The molecule has 1 rings (SSSR count). The van der Waals surface area contributed by atoms with Crippen LogP contribution in [0.1, 0.15) is 37.6 Å². The van der Waals surface area contributed by atoms with Crippen molar-refractivity contribution in [1.82, 2.24) is 0 Å². The van der Waals surface area contributed by atoms with Crippen LogP contribution in [0.2, 0.25) is 0 Å². The molecule has 1 aromatic rings. The number of carbonyl (C=O) groups is 1. The third-order valence-corrected chi connectivity index (χ3v) is 2.06. The lowest BCUT2D eigenvalue weighted by Gasteiger charge is -2.12. The number of hydrogen-bond donors (Lipinski definition) is 1. The quantitative estimate of drug-likeness (QED) is 0.776. The molecule has 0 saturated heterocycles. The van der Waals surface area contributed by atoms with Gasteiger partial charge in [0, 0.05) is 12.2 Å². The van der Waals surface area contributed by atoms with Crippen molar-refractivity contribution < 1.29 is 9.53 Å². The van der Waals surface area contributed by atoms with E-state index >= 15 is 0 Å². The van der Waals surface area contributed by atoms with Crippen molar-refractivity contribution in [1.29, 1.82) is 0 Å². The molecule has 0 radical (unpaired) electrons. The van der Waals surface area contributed by atoms with Gasteiger partial charge in [0.2, 0.25) is 0 Å². The van der Waals surface area contributed by atoms with Crippen LogP contribution in [-0.4, -0.2) is 18.6 Å². The normalized spacial score (nSPS) is 10.2. The van der Waals surface area contributed by atoms with Crippen molar-refractivity contribution in [2.75, 3.05) is 11.9 Å². The summed E-state index contributed by atoms with van der Waals surface area (Å²) in [5.74, 6) is -0.269. The minimum absolute atomic E-state index is 0.0910. The van der Waals surface area contributed by atoms with Gasteiger partial charge in [-0.2, -0.15) is 0 Å². The average molecular weight is 221 g/mol. The molecule has 1 aromatic carbocycles. The van der Waals surface area contributed by atoms with E-state index in [0.717, 1.165) is 18.7 Å². The molecule has 16 heavy (non-hydrogen) atoms. The Labute approximate surface area is 96.8 Å². The van der Waals surface area contributed by atoms with Gasteiger partial charge in [-0.05, 0) is 32.4 Å². The molecule has 0 atom stereocenters. The Morgan fingerprint density at radius 3 is 2.69 bits per heavy atom. The fourth-order valence-electron chi connectivity index (χ4n) is 1.35. The summed E-state index contributed by atoms with van der Waals surface area (Å²) >= 11 is 0. The molecular formula is C13H19NO2. The smallest absolute Gasteiger partial charge is 0.340 e. The Hall–Kier alpha value is -1.51. The maximum absolute atomic E-state index is 11.8. The second-order valence-electron chi connectivity index (χ2n) is 3.93. The van der Waals surface area contributed by atoms with Crippen LogP contribution in [0.25, 0.3) is 0 Å². The van der Waals surface area contributed by atoms with Crippen LogP contribution in [0.4, 0.5) is 5.69 Å².